The van der Waals surface area contributed by atoms with Gasteiger partial charge in [-0.1, -0.05) is 23.9 Å². The van der Waals surface area contributed by atoms with E-state index in [1.807, 2.05) is 13.0 Å². The van der Waals surface area contributed by atoms with E-state index in [9.17, 15) is 8.42 Å². The molecule has 0 aliphatic rings. The molecule has 1 aromatic heterocycles. The molecule has 0 fully saturated rings. The molecule has 0 aliphatic carbocycles. The lowest BCUT2D eigenvalue weighted by Crippen LogP contribution is -2.14. The number of allylic oxidation sites excluding steroid dienone is 4. The van der Waals surface area contributed by atoms with Crippen LogP contribution in [0.2, 0.25) is 0 Å². The number of nitrogens with zero attached hydrogens (tertiary/aromatic N) is 3. The number of rotatable bonds is 9. The summed E-state index contributed by atoms with van der Waals surface area (Å²) < 4.78 is 37.9. The van der Waals surface area contributed by atoms with Crippen LogP contribution in [-0.4, -0.2) is 32.4 Å². The zero-order chi connectivity index (χ0) is 20.0. The number of aromatic nitrogens is 1. The molecule has 9 heteroatoms. The Hall–Kier alpha value is -3.07. The van der Waals surface area contributed by atoms with Gasteiger partial charge in [0.05, 0.1) is 18.6 Å². The number of hydrogen-bond acceptors (Lipinski definition) is 7. The van der Waals surface area contributed by atoms with Gasteiger partial charge in [0, 0.05) is 12.9 Å². The monoisotopic (exact) mass is 390 g/mol. The molecule has 0 bridgehead atoms. The van der Waals surface area contributed by atoms with Crippen LogP contribution < -0.4 is 9.46 Å². The molecule has 0 aliphatic heterocycles. The van der Waals surface area contributed by atoms with Gasteiger partial charge in [-0.15, -0.1) is 0 Å². The van der Waals surface area contributed by atoms with E-state index < -0.39 is 10.0 Å². The van der Waals surface area contributed by atoms with E-state index in [1.54, 1.807) is 23.3 Å². The summed E-state index contributed by atoms with van der Waals surface area (Å²) >= 11 is 0. The maximum Gasteiger partial charge on any atom is 0.259 e. The molecule has 27 heavy (non-hydrogen) atoms. The molecule has 2 aromatic rings. The number of hydrogen-bond donors (Lipinski definition) is 1. The molecule has 1 heterocycles. The van der Waals surface area contributed by atoms with Gasteiger partial charge in [0.25, 0.3) is 10.0 Å². The quantitative estimate of drug-likeness (QED) is 0.399. The molecule has 0 radical (unpaired) electrons. The average molecular weight is 390 g/mol. The minimum atomic E-state index is -3.78. The number of hydrazone groups is 1. The Labute approximate surface area is 158 Å². The predicted molar refractivity (Wildman–Crippen MR) is 107 cm³/mol. The van der Waals surface area contributed by atoms with Crippen LogP contribution in [0.5, 0.6) is 5.75 Å². The highest BCUT2D eigenvalue weighted by molar-refractivity contribution is 7.96. The first-order chi connectivity index (χ1) is 12.9. The number of methoxy groups -OCH3 is 1. The molecule has 0 saturated carbocycles. The third-order valence-electron chi connectivity index (χ3n) is 3.67. The highest BCUT2D eigenvalue weighted by atomic mass is 32.2. The Morgan fingerprint density at radius 1 is 1.48 bits per heavy atom. The van der Waals surface area contributed by atoms with E-state index in [4.69, 9.17) is 9.26 Å². The van der Waals surface area contributed by atoms with Gasteiger partial charge in [0.1, 0.15) is 11.1 Å². The summed E-state index contributed by atoms with van der Waals surface area (Å²) in [5.41, 5.74) is 1.22. The van der Waals surface area contributed by atoms with Crippen LogP contribution in [0.15, 0.2) is 57.7 Å². The van der Waals surface area contributed by atoms with Crippen LogP contribution in [-0.2, 0) is 16.6 Å². The fraction of sp³-hybridized carbons (Fsp3) is 0.222. The summed E-state index contributed by atoms with van der Waals surface area (Å²) in [6.07, 6.45) is 6.40. The van der Waals surface area contributed by atoms with E-state index in [0.717, 1.165) is 5.56 Å². The van der Waals surface area contributed by atoms with Crippen molar-refractivity contribution in [1.29, 1.82) is 0 Å². The average Bonchev–Trinajstić information content (AvgIpc) is 3.03. The van der Waals surface area contributed by atoms with Crippen molar-refractivity contribution in [2.75, 3.05) is 11.8 Å². The van der Waals surface area contributed by atoms with Gasteiger partial charge < -0.3 is 9.26 Å². The molecular formula is C18H22N4O4S. The normalized spacial score (nSPS) is 12.3. The Kier molecular flexibility index (Phi) is 6.40. The van der Waals surface area contributed by atoms with Crippen molar-refractivity contribution in [3.8, 4) is 5.75 Å². The van der Waals surface area contributed by atoms with Gasteiger partial charge in [-0.05, 0) is 37.6 Å². The van der Waals surface area contributed by atoms with E-state index >= 15 is 0 Å². The number of fused-ring (bicyclic) bond motifs is 1. The Bertz CT molecular complexity index is 1010. The van der Waals surface area contributed by atoms with E-state index in [2.05, 4.69) is 28.3 Å². The maximum absolute atomic E-state index is 12.4. The second-order valence-electron chi connectivity index (χ2n) is 5.54. The molecule has 1 aromatic carbocycles. The van der Waals surface area contributed by atoms with Gasteiger partial charge in [0.2, 0.25) is 0 Å². The minimum absolute atomic E-state index is 0.0531. The second-order valence-corrected chi connectivity index (χ2v) is 7.40. The summed E-state index contributed by atoms with van der Waals surface area (Å²) in [5.74, 6) is 0.480. The minimum Gasteiger partial charge on any atom is -0.496 e. The van der Waals surface area contributed by atoms with Gasteiger partial charge in [-0.2, -0.15) is 5.10 Å². The van der Waals surface area contributed by atoms with Crippen LogP contribution >= 0.6 is 0 Å². The number of anilines is 1. The van der Waals surface area contributed by atoms with Crippen molar-refractivity contribution in [3.63, 3.8) is 0 Å². The second kappa shape index (κ2) is 8.54. The van der Waals surface area contributed by atoms with Crippen LogP contribution in [0.1, 0.15) is 19.4 Å². The third kappa shape index (κ3) is 4.56. The number of ether oxygens (including phenoxy) is 1. The molecule has 144 valence electrons. The zero-order valence-corrected chi connectivity index (χ0v) is 16.3. The lowest BCUT2D eigenvalue weighted by Gasteiger charge is -2.14. The maximum atomic E-state index is 12.4. The number of nitrogens with one attached hydrogen (secondary N) is 1. The Morgan fingerprint density at radius 2 is 2.22 bits per heavy atom. The molecule has 2 rings (SSSR count). The molecule has 0 atom stereocenters. The molecule has 0 saturated heterocycles. The summed E-state index contributed by atoms with van der Waals surface area (Å²) in [6.45, 7) is 10.8. The third-order valence-corrected chi connectivity index (χ3v) is 5.12. The zero-order valence-electron chi connectivity index (χ0n) is 15.5. The van der Waals surface area contributed by atoms with Crippen molar-refractivity contribution < 1.29 is 17.7 Å². The van der Waals surface area contributed by atoms with Crippen molar-refractivity contribution in [3.05, 3.63) is 53.6 Å². The number of benzene rings is 1. The van der Waals surface area contributed by atoms with Crippen molar-refractivity contribution in [2.45, 2.75) is 20.4 Å². The summed E-state index contributed by atoms with van der Waals surface area (Å²) in [5, 5.41) is 9.82. The van der Waals surface area contributed by atoms with E-state index in [1.165, 1.54) is 26.2 Å². The van der Waals surface area contributed by atoms with Crippen molar-refractivity contribution in [1.82, 2.24) is 10.2 Å². The Balaban J connectivity index is 2.47. The molecule has 0 amide bonds. The van der Waals surface area contributed by atoms with Crippen LogP contribution in [0.4, 0.5) is 5.82 Å². The lowest BCUT2D eigenvalue weighted by molar-refractivity contribution is 0.390. The molecule has 8 nitrogen and oxygen atoms in total. The standard InChI is InChI=1S/C18H22N4O4S/c1-6-8-13(3)27(23,24)21-18-17-15(25-5)10-14(11-16(17)26-20-18)12-22(19-4)9-7-2/h6-11H,1,4,12H2,2-3,5H3,(H,20,21)/b9-7-,13-8+. The largest absolute Gasteiger partial charge is 0.496 e. The van der Waals surface area contributed by atoms with E-state index in [0.29, 0.717) is 23.3 Å². The topological polar surface area (TPSA) is 97.0 Å². The smallest absolute Gasteiger partial charge is 0.259 e. The van der Waals surface area contributed by atoms with Crippen molar-refractivity contribution in [2.24, 2.45) is 5.10 Å². The molecular weight excluding hydrogens is 368 g/mol. The van der Waals surface area contributed by atoms with Crippen molar-refractivity contribution >= 4 is 33.5 Å². The van der Waals surface area contributed by atoms with Gasteiger partial charge in [-0.25, -0.2) is 8.42 Å². The van der Waals surface area contributed by atoms with Gasteiger partial charge >= 0.3 is 0 Å². The highest BCUT2D eigenvalue weighted by Crippen LogP contribution is 2.35. The van der Waals surface area contributed by atoms with Crippen LogP contribution in [0.3, 0.4) is 0 Å². The lowest BCUT2D eigenvalue weighted by atomic mass is 10.1. The summed E-state index contributed by atoms with van der Waals surface area (Å²) in [7, 11) is -2.29. The predicted octanol–water partition coefficient (Wildman–Crippen LogP) is 3.62. The molecule has 0 unspecified atom stereocenters. The van der Waals surface area contributed by atoms with Gasteiger partial charge in [0.15, 0.2) is 11.4 Å². The molecule has 1 N–H and O–H groups in total. The first-order valence-electron chi connectivity index (χ1n) is 8.00. The first kappa shape index (κ1) is 20.2. The van der Waals surface area contributed by atoms with Gasteiger partial charge in [-0.3, -0.25) is 9.73 Å². The summed E-state index contributed by atoms with van der Waals surface area (Å²) in [4.78, 5) is 0.100. The highest BCUT2D eigenvalue weighted by Gasteiger charge is 2.21. The van der Waals surface area contributed by atoms with Crippen LogP contribution in [0.25, 0.3) is 11.0 Å². The summed E-state index contributed by atoms with van der Waals surface area (Å²) in [6, 6.07) is 3.52. The first-order valence-corrected chi connectivity index (χ1v) is 9.49. The van der Waals surface area contributed by atoms with E-state index in [-0.39, 0.29) is 10.7 Å². The number of sulfonamides is 1. The fourth-order valence-corrected chi connectivity index (χ4v) is 3.21. The fourth-order valence-electron chi connectivity index (χ4n) is 2.38. The SMILES string of the molecule is C=C/C=C(\C)S(=O)(=O)Nc1noc2cc(CN(/C=C\C)N=C)cc(OC)c12. The Morgan fingerprint density at radius 3 is 2.81 bits per heavy atom. The van der Waals surface area contributed by atoms with Crippen LogP contribution in [0, 0.1) is 0 Å². The molecule has 0 spiro atoms.